The van der Waals surface area contributed by atoms with E-state index in [1.54, 1.807) is 18.4 Å². The fourth-order valence-electron chi connectivity index (χ4n) is 5.14. The molecule has 1 N–H and O–H groups in total. The predicted molar refractivity (Wildman–Crippen MR) is 138 cm³/mol. The van der Waals surface area contributed by atoms with Crippen LogP contribution in [0.2, 0.25) is 0 Å². The first-order chi connectivity index (χ1) is 16.9. The molecule has 0 radical (unpaired) electrons. The molecular weight excluding hydrogens is 460 g/mol. The zero-order valence-electron chi connectivity index (χ0n) is 20.8. The van der Waals surface area contributed by atoms with Gasteiger partial charge < -0.3 is 19.9 Å². The largest absolute Gasteiger partial charge is 0.497 e. The van der Waals surface area contributed by atoms with Crippen LogP contribution in [0.3, 0.4) is 0 Å². The number of carbonyl (C=O) groups is 1. The van der Waals surface area contributed by atoms with Gasteiger partial charge in [-0.1, -0.05) is 12.1 Å². The fourth-order valence-corrected chi connectivity index (χ4v) is 6.06. The number of amides is 1. The number of nitrogens with one attached hydrogen (secondary N) is 1. The molecule has 35 heavy (non-hydrogen) atoms. The van der Waals surface area contributed by atoms with Crippen molar-refractivity contribution in [1.29, 1.82) is 0 Å². The maximum Gasteiger partial charge on any atom is 0.243 e. The van der Waals surface area contributed by atoms with Crippen molar-refractivity contribution >= 4 is 23.2 Å². The van der Waals surface area contributed by atoms with Crippen molar-refractivity contribution in [1.82, 2.24) is 25.2 Å². The van der Waals surface area contributed by atoms with E-state index < -0.39 is 5.54 Å². The molecular formula is C26H32N6O2S. The van der Waals surface area contributed by atoms with Crippen molar-refractivity contribution in [2.24, 2.45) is 0 Å². The van der Waals surface area contributed by atoms with Gasteiger partial charge in [-0.3, -0.25) is 4.79 Å². The normalized spacial score (nSPS) is 17.8. The second-order valence-electron chi connectivity index (χ2n) is 9.41. The van der Waals surface area contributed by atoms with Gasteiger partial charge in [-0.05, 0) is 57.4 Å². The van der Waals surface area contributed by atoms with Crippen LogP contribution in [-0.4, -0.2) is 64.6 Å². The van der Waals surface area contributed by atoms with Gasteiger partial charge >= 0.3 is 0 Å². The number of benzene rings is 1. The Kier molecular flexibility index (Phi) is 6.46. The Balaban J connectivity index is 1.32. The zero-order valence-corrected chi connectivity index (χ0v) is 21.6. The number of rotatable bonds is 5. The molecule has 184 valence electrons. The van der Waals surface area contributed by atoms with Crippen molar-refractivity contribution in [2.75, 3.05) is 38.2 Å². The summed E-state index contributed by atoms with van der Waals surface area (Å²) in [5.74, 6) is 1.75. The number of aromatic nitrogens is 3. The highest BCUT2D eigenvalue weighted by molar-refractivity contribution is 7.15. The molecule has 2 saturated heterocycles. The first kappa shape index (κ1) is 23.7. The number of methoxy groups -OCH3 is 1. The van der Waals surface area contributed by atoms with Crippen LogP contribution in [0.4, 0.5) is 5.95 Å². The lowest BCUT2D eigenvalue weighted by molar-refractivity contribution is -0.143. The topological polar surface area (TPSA) is 83.5 Å². The number of aryl methyl sites for hydroxylation is 3. The summed E-state index contributed by atoms with van der Waals surface area (Å²) in [5, 5.41) is 4.57. The molecule has 2 aliphatic rings. The van der Waals surface area contributed by atoms with Crippen molar-refractivity contribution in [3.63, 3.8) is 0 Å². The molecule has 1 spiro atoms. The van der Waals surface area contributed by atoms with Gasteiger partial charge in [0.1, 0.15) is 11.3 Å². The summed E-state index contributed by atoms with van der Waals surface area (Å²) >= 11 is 1.66. The van der Waals surface area contributed by atoms with Gasteiger partial charge in [-0.15, -0.1) is 11.3 Å². The molecule has 3 aromatic rings. The average molecular weight is 493 g/mol. The van der Waals surface area contributed by atoms with E-state index in [0.717, 1.165) is 76.7 Å². The summed E-state index contributed by atoms with van der Waals surface area (Å²) < 4.78 is 5.42. The number of carbonyl (C=O) groups excluding carboxylic acids is 1. The van der Waals surface area contributed by atoms with Crippen LogP contribution in [0.1, 0.15) is 34.9 Å². The highest BCUT2D eigenvalue weighted by Crippen LogP contribution is 2.35. The molecule has 0 aliphatic carbocycles. The lowest BCUT2D eigenvalue weighted by Gasteiger charge is -2.47. The first-order valence-electron chi connectivity index (χ1n) is 12.1. The van der Waals surface area contributed by atoms with Gasteiger partial charge in [0.15, 0.2) is 0 Å². The Morgan fingerprint density at radius 3 is 2.51 bits per heavy atom. The maximum atomic E-state index is 13.8. The highest BCUT2D eigenvalue weighted by Gasteiger charge is 2.46. The SMILES string of the molecule is COc1cccc(-c2sc(C)nc2CN2CCNC3(CCN(c4nc(C)cc(C)n4)CC3)C2=O)c1. The van der Waals surface area contributed by atoms with E-state index >= 15 is 0 Å². The summed E-state index contributed by atoms with van der Waals surface area (Å²) in [7, 11) is 1.67. The lowest BCUT2D eigenvalue weighted by atomic mass is 9.84. The fraction of sp³-hybridized carbons (Fsp3) is 0.462. The van der Waals surface area contributed by atoms with Crippen LogP contribution in [0.25, 0.3) is 10.4 Å². The summed E-state index contributed by atoms with van der Waals surface area (Å²) in [6.07, 6.45) is 1.47. The van der Waals surface area contributed by atoms with Gasteiger partial charge in [0.05, 0.1) is 29.2 Å². The minimum atomic E-state index is -0.533. The van der Waals surface area contributed by atoms with Crippen molar-refractivity contribution in [3.8, 4) is 16.2 Å². The number of thiazole rings is 1. The van der Waals surface area contributed by atoms with Crippen LogP contribution in [0, 0.1) is 20.8 Å². The van der Waals surface area contributed by atoms with E-state index in [2.05, 4.69) is 26.3 Å². The Hall–Kier alpha value is -3.04. The number of ether oxygens (including phenoxy) is 1. The van der Waals surface area contributed by atoms with Crippen LogP contribution < -0.4 is 15.0 Å². The summed E-state index contributed by atoms with van der Waals surface area (Å²) in [6.45, 7) is 9.48. The molecule has 5 rings (SSSR count). The van der Waals surface area contributed by atoms with E-state index in [0.29, 0.717) is 13.1 Å². The number of piperidine rings is 1. The lowest BCUT2D eigenvalue weighted by Crippen LogP contribution is -2.67. The molecule has 0 bridgehead atoms. The molecule has 2 aliphatic heterocycles. The zero-order chi connectivity index (χ0) is 24.6. The van der Waals surface area contributed by atoms with E-state index in [4.69, 9.17) is 9.72 Å². The third-order valence-electron chi connectivity index (χ3n) is 6.89. The second-order valence-corrected chi connectivity index (χ2v) is 10.6. The Morgan fingerprint density at radius 2 is 1.80 bits per heavy atom. The van der Waals surface area contributed by atoms with E-state index in [1.165, 1.54) is 0 Å². The van der Waals surface area contributed by atoms with Gasteiger partial charge in [0, 0.05) is 37.6 Å². The minimum absolute atomic E-state index is 0.173. The third kappa shape index (κ3) is 4.75. The number of hydrogen-bond donors (Lipinski definition) is 1. The van der Waals surface area contributed by atoms with E-state index in [1.807, 2.05) is 49.9 Å². The summed E-state index contributed by atoms with van der Waals surface area (Å²) in [5.41, 5.74) is 3.43. The van der Waals surface area contributed by atoms with E-state index in [-0.39, 0.29) is 5.91 Å². The van der Waals surface area contributed by atoms with Crippen molar-refractivity contribution < 1.29 is 9.53 Å². The van der Waals surface area contributed by atoms with Gasteiger partial charge in [-0.25, -0.2) is 15.0 Å². The highest BCUT2D eigenvalue weighted by atomic mass is 32.1. The van der Waals surface area contributed by atoms with Crippen LogP contribution in [-0.2, 0) is 11.3 Å². The number of hydrogen-bond acceptors (Lipinski definition) is 8. The van der Waals surface area contributed by atoms with Crippen molar-refractivity contribution in [3.05, 3.63) is 52.4 Å². The monoisotopic (exact) mass is 492 g/mol. The Morgan fingerprint density at radius 1 is 1.06 bits per heavy atom. The average Bonchev–Trinajstić information content (AvgIpc) is 3.22. The summed E-state index contributed by atoms with van der Waals surface area (Å²) in [4.78, 5) is 33.1. The molecule has 2 aromatic heterocycles. The van der Waals surface area contributed by atoms with Gasteiger partial charge in [-0.2, -0.15) is 0 Å². The Bertz CT molecular complexity index is 1210. The van der Waals surface area contributed by atoms with Crippen LogP contribution >= 0.6 is 11.3 Å². The Labute approximate surface area is 210 Å². The molecule has 0 atom stereocenters. The summed E-state index contributed by atoms with van der Waals surface area (Å²) in [6, 6.07) is 10.0. The molecule has 0 saturated carbocycles. The van der Waals surface area contributed by atoms with Crippen LogP contribution in [0.15, 0.2) is 30.3 Å². The maximum absolute atomic E-state index is 13.8. The predicted octanol–water partition coefficient (Wildman–Crippen LogP) is 3.50. The standard InChI is InChI=1S/C26H32N6O2S/c1-17-14-18(2)29-25(28-17)31-11-8-26(9-12-31)24(33)32(13-10-27-26)16-22-23(35-19(3)30-22)20-6-5-7-21(15-20)34-4/h5-7,14-15,27H,8-13,16H2,1-4H3. The van der Waals surface area contributed by atoms with E-state index in [9.17, 15) is 4.79 Å². The molecule has 9 heteroatoms. The molecule has 1 amide bonds. The molecule has 2 fully saturated rings. The third-order valence-corrected chi connectivity index (χ3v) is 7.95. The quantitative estimate of drug-likeness (QED) is 0.584. The number of nitrogens with zero attached hydrogens (tertiary/aromatic N) is 5. The van der Waals surface area contributed by atoms with Crippen LogP contribution in [0.5, 0.6) is 5.75 Å². The minimum Gasteiger partial charge on any atom is -0.497 e. The van der Waals surface area contributed by atoms with Gasteiger partial charge in [0.2, 0.25) is 11.9 Å². The number of anilines is 1. The molecule has 8 nitrogen and oxygen atoms in total. The van der Waals surface area contributed by atoms with Gasteiger partial charge in [0.25, 0.3) is 0 Å². The second kappa shape index (κ2) is 9.54. The molecule has 1 aromatic carbocycles. The number of piperazine rings is 1. The van der Waals surface area contributed by atoms with Crippen molar-refractivity contribution in [2.45, 2.75) is 45.7 Å². The molecule has 4 heterocycles. The smallest absolute Gasteiger partial charge is 0.243 e. The molecule has 0 unspecified atom stereocenters. The first-order valence-corrected chi connectivity index (χ1v) is 12.9.